The first kappa shape index (κ1) is 17.8. The largest absolute Gasteiger partial charge is 0.489 e. The zero-order valence-electron chi connectivity index (χ0n) is 13.7. The Bertz CT molecular complexity index is 1010. The van der Waals surface area contributed by atoms with Gasteiger partial charge in [-0.2, -0.15) is 23.1 Å². The third-order valence-electron chi connectivity index (χ3n) is 3.91. The molecule has 140 valence electrons. The van der Waals surface area contributed by atoms with E-state index < -0.39 is 11.7 Å². The predicted octanol–water partition coefficient (Wildman–Crippen LogP) is 4.19. The van der Waals surface area contributed by atoms with Crippen LogP contribution in [0.3, 0.4) is 0 Å². The van der Waals surface area contributed by atoms with Crippen LogP contribution in [-0.2, 0) is 12.7 Å². The van der Waals surface area contributed by atoms with Crippen LogP contribution in [0.5, 0.6) is 11.8 Å². The Labute approximate surface area is 159 Å². The maximum absolute atomic E-state index is 13.3. The van der Waals surface area contributed by atoms with Crippen LogP contribution >= 0.6 is 15.9 Å². The summed E-state index contributed by atoms with van der Waals surface area (Å²) in [7, 11) is 0. The van der Waals surface area contributed by atoms with Crippen molar-refractivity contribution in [3.8, 4) is 11.8 Å². The number of fused-ring (bicyclic) bond motifs is 5. The van der Waals surface area contributed by atoms with Gasteiger partial charge in [0.15, 0.2) is 5.65 Å². The minimum Gasteiger partial charge on any atom is -0.489 e. The van der Waals surface area contributed by atoms with Crippen LogP contribution < -0.4 is 14.8 Å². The molecular formula is C17H12BrF3N4O2. The van der Waals surface area contributed by atoms with Crippen LogP contribution in [0.2, 0.25) is 0 Å². The SMILES string of the molecule is FC(F)(F)c1cccc2c1OCCOc1nc(c3cc(Br)cnc3n1)NC2. The van der Waals surface area contributed by atoms with Crippen LogP contribution in [0, 0.1) is 0 Å². The highest BCUT2D eigenvalue weighted by atomic mass is 79.9. The topological polar surface area (TPSA) is 69.2 Å². The van der Waals surface area contributed by atoms with Crippen molar-refractivity contribution in [1.82, 2.24) is 15.0 Å². The number of nitrogens with zero attached hydrogens (tertiary/aromatic N) is 3. The monoisotopic (exact) mass is 440 g/mol. The maximum atomic E-state index is 13.3. The summed E-state index contributed by atoms with van der Waals surface area (Å²) in [5, 5.41) is 3.66. The van der Waals surface area contributed by atoms with Crippen molar-refractivity contribution in [1.29, 1.82) is 0 Å². The molecule has 1 aliphatic heterocycles. The second-order valence-electron chi connectivity index (χ2n) is 5.72. The van der Waals surface area contributed by atoms with Crippen molar-refractivity contribution in [3.63, 3.8) is 0 Å². The van der Waals surface area contributed by atoms with E-state index in [2.05, 4.69) is 36.2 Å². The fourth-order valence-electron chi connectivity index (χ4n) is 2.74. The van der Waals surface area contributed by atoms with Gasteiger partial charge >= 0.3 is 12.2 Å². The molecule has 0 fully saturated rings. The maximum Gasteiger partial charge on any atom is 0.419 e. The lowest BCUT2D eigenvalue weighted by atomic mass is 10.1. The Morgan fingerprint density at radius 2 is 1.93 bits per heavy atom. The standard InChI is InChI=1S/C17H12BrF3N4O2/c18-10-6-11-14-22-7-9-2-1-3-12(17(19,20)21)13(9)26-4-5-27-16(24-14)25-15(11)23-8-10/h1-3,6,8H,4-5,7H2,(H,22,23,24,25). The third-order valence-corrected chi connectivity index (χ3v) is 4.34. The highest BCUT2D eigenvalue weighted by Gasteiger charge is 2.35. The predicted molar refractivity (Wildman–Crippen MR) is 94.8 cm³/mol. The molecule has 4 rings (SSSR count). The first-order valence-corrected chi connectivity index (χ1v) is 8.73. The molecule has 6 nitrogen and oxygen atoms in total. The molecule has 0 spiro atoms. The number of alkyl halides is 3. The summed E-state index contributed by atoms with van der Waals surface area (Å²) >= 11 is 3.34. The fourth-order valence-corrected chi connectivity index (χ4v) is 3.07. The summed E-state index contributed by atoms with van der Waals surface area (Å²) in [6.45, 7) is -0.00494. The van der Waals surface area contributed by atoms with Crippen molar-refractivity contribution in [2.24, 2.45) is 0 Å². The number of benzene rings is 1. The number of rotatable bonds is 0. The number of nitrogens with one attached hydrogen (secondary N) is 1. The number of ether oxygens (including phenoxy) is 2. The molecule has 1 aromatic carbocycles. The number of hydrogen-bond donors (Lipinski definition) is 1. The van der Waals surface area contributed by atoms with Crippen molar-refractivity contribution in [2.45, 2.75) is 12.7 Å². The summed E-state index contributed by atoms with van der Waals surface area (Å²) in [6.07, 6.45) is -2.93. The zero-order chi connectivity index (χ0) is 19.0. The Morgan fingerprint density at radius 3 is 2.74 bits per heavy atom. The van der Waals surface area contributed by atoms with E-state index in [-0.39, 0.29) is 31.5 Å². The van der Waals surface area contributed by atoms with Gasteiger partial charge in [-0.25, -0.2) is 4.98 Å². The summed E-state index contributed by atoms with van der Waals surface area (Å²) in [6, 6.07) is 5.78. The second-order valence-corrected chi connectivity index (χ2v) is 6.64. The highest BCUT2D eigenvalue weighted by molar-refractivity contribution is 9.10. The smallest absolute Gasteiger partial charge is 0.419 e. The Hall–Kier alpha value is -2.62. The van der Waals surface area contributed by atoms with Crippen molar-refractivity contribution >= 4 is 32.8 Å². The van der Waals surface area contributed by atoms with Gasteiger partial charge < -0.3 is 14.8 Å². The summed E-state index contributed by atoms with van der Waals surface area (Å²) in [5.41, 5.74) is -0.0498. The molecule has 3 aromatic rings. The molecule has 0 aliphatic carbocycles. The molecule has 0 unspecified atom stereocenters. The highest BCUT2D eigenvalue weighted by Crippen LogP contribution is 2.38. The third kappa shape index (κ3) is 3.61. The minimum absolute atomic E-state index is 0.00684. The summed E-state index contributed by atoms with van der Waals surface area (Å²) in [5.74, 6) is 0.196. The Kier molecular flexibility index (Phi) is 4.50. The quantitative estimate of drug-likeness (QED) is 0.565. The molecule has 1 N–H and O–H groups in total. The molecule has 2 aromatic heterocycles. The Balaban J connectivity index is 1.80. The molecule has 27 heavy (non-hydrogen) atoms. The Morgan fingerprint density at radius 1 is 1.11 bits per heavy atom. The van der Waals surface area contributed by atoms with Crippen molar-refractivity contribution in [3.05, 3.63) is 46.1 Å². The van der Waals surface area contributed by atoms with E-state index in [1.165, 1.54) is 6.07 Å². The van der Waals surface area contributed by atoms with E-state index in [9.17, 15) is 13.2 Å². The zero-order valence-corrected chi connectivity index (χ0v) is 15.3. The molecule has 2 bridgehead atoms. The van der Waals surface area contributed by atoms with Gasteiger partial charge in [0.05, 0.1) is 10.9 Å². The summed E-state index contributed by atoms with van der Waals surface area (Å²) < 4.78 is 51.6. The number of anilines is 1. The van der Waals surface area contributed by atoms with Crippen LogP contribution in [0.25, 0.3) is 11.0 Å². The van der Waals surface area contributed by atoms with Crippen molar-refractivity contribution in [2.75, 3.05) is 18.5 Å². The van der Waals surface area contributed by atoms with Gasteiger partial charge in [-0.3, -0.25) is 0 Å². The van der Waals surface area contributed by atoms with Gasteiger partial charge in [-0.05, 0) is 28.1 Å². The molecule has 0 saturated carbocycles. The lowest BCUT2D eigenvalue weighted by molar-refractivity contribution is -0.139. The average Bonchev–Trinajstić information content (AvgIpc) is 2.65. The average molecular weight is 441 g/mol. The number of para-hydroxylation sites is 1. The van der Waals surface area contributed by atoms with Crippen LogP contribution in [0.1, 0.15) is 11.1 Å². The molecule has 3 heterocycles. The van der Waals surface area contributed by atoms with E-state index in [4.69, 9.17) is 9.47 Å². The second kappa shape index (κ2) is 6.84. The number of halogens is 4. The van der Waals surface area contributed by atoms with Crippen molar-refractivity contribution < 1.29 is 22.6 Å². The first-order valence-electron chi connectivity index (χ1n) is 7.93. The van der Waals surface area contributed by atoms with Gasteiger partial charge in [0.2, 0.25) is 0 Å². The molecular weight excluding hydrogens is 429 g/mol. The van der Waals surface area contributed by atoms with Gasteiger partial charge in [-0.1, -0.05) is 12.1 Å². The van der Waals surface area contributed by atoms with Gasteiger partial charge in [-0.15, -0.1) is 0 Å². The van der Waals surface area contributed by atoms with E-state index in [0.29, 0.717) is 22.4 Å². The molecule has 0 saturated heterocycles. The lowest BCUT2D eigenvalue weighted by Gasteiger charge is -2.17. The molecule has 0 radical (unpaired) electrons. The lowest BCUT2D eigenvalue weighted by Crippen LogP contribution is -2.15. The molecule has 0 atom stereocenters. The number of hydrogen-bond acceptors (Lipinski definition) is 6. The molecule has 0 amide bonds. The van der Waals surface area contributed by atoms with Gasteiger partial charge in [0, 0.05) is 22.8 Å². The number of pyridine rings is 1. The van der Waals surface area contributed by atoms with Gasteiger partial charge in [0.1, 0.15) is 24.8 Å². The van der Waals surface area contributed by atoms with Gasteiger partial charge in [0.25, 0.3) is 0 Å². The van der Waals surface area contributed by atoms with Crippen LogP contribution in [-0.4, -0.2) is 28.2 Å². The molecule has 1 aliphatic rings. The number of aromatic nitrogens is 3. The minimum atomic E-state index is -4.52. The first-order chi connectivity index (χ1) is 12.9. The van der Waals surface area contributed by atoms with E-state index >= 15 is 0 Å². The van der Waals surface area contributed by atoms with E-state index in [1.54, 1.807) is 18.3 Å². The van der Waals surface area contributed by atoms with E-state index in [1.807, 2.05) is 0 Å². The normalized spacial score (nSPS) is 14.4. The van der Waals surface area contributed by atoms with E-state index in [0.717, 1.165) is 10.5 Å². The van der Waals surface area contributed by atoms with Crippen LogP contribution in [0.4, 0.5) is 19.0 Å². The van der Waals surface area contributed by atoms with Crippen LogP contribution in [0.15, 0.2) is 34.9 Å². The fraction of sp³-hybridized carbons (Fsp3) is 0.235. The molecule has 10 heteroatoms. The summed E-state index contributed by atoms with van der Waals surface area (Å²) in [4.78, 5) is 12.7.